The Balaban J connectivity index is 1.78. The lowest BCUT2D eigenvalue weighted by Gasteiger charge is -2.22. The van der Waals surface area contributed by atoms with Crippen molar-refractivity contribution in [3.8, 4) is 0 Å². The van der Waals surface area contributed by atoms with Gasteiger partial charge in [0.2, 0.25) is 0 Å². The third-order valence-corrected chi connectivity index (χ3v) is 3.84. The lowest BCUT2D eigenvalue weighted by atomic mass is 10.1. The Morgan fingerprint density at radius 3 is 2.26 bits per heavy atom. The van der Waals surface area contributed by atoms with Crippen LogP contribution in [0.2, 0.25) is 0 Å². The Hall–Kier alpha value is -2.76. The molecule has 0 spiro atoms. The molecule has 0 heterocycles. The van der Waals surface area contributed by atoms with Crippen molar-refractivity contribution >= 4 is 11.6 Å². The number of carbonyl (C=O) groups is 1. The summed E-state index contributed by atoms with van der Waals surface area (Å²) in [6.07, 6.45) is 1.89. The lowest BCUT2D eigenvalue weighted by molar-refractivity contribution is -0.384. The van der Waals surface area contributed by atoms with Crippen LogP contribution in [0.5, 0.6) is 0 Å². The van der Waals surface area contributed by atoms with Gasteiger partial charge in [0.25, 0.3) is 11.6 Å². The van der Waals surface area contributed by atoms with E-state index in [2.05, 4.69) is 0 Å². The fourth-order valence-electron chi connectivity index (χ4n) is 2.43. The van der Waals surface area contributed by atoms with Crippen LogP contribution in [0.15, 0.2) is 48.5 Å². The van der Waals surface area contributed by atoms with Gasteiger partial charge in [0, 0.05) is 30.3 Å². The zero-order chi connectivity index (χ0) is 16.4. The summed E-state index contributed by atoms with van der Waals surface area (Å²) >= 11 is 0. The van der Waals surface area contributed by atoms with Crippen molar-refractivity contribution in [2.24, 2.45) is 0 Å². The average molecular weight is 314 g/mol. The molecule has 6 heteroatoms. The Morgan fingerprint density at radius 1 is 1.13 bits per heavy atom. The molecule has 0 radical (unpaired) electrons. The van der Waals surface area contributed by atoms with Crippen molar-refractivity contribution in [1.29, 1.82) is 0 Å². The second kappa shape index (κ2) is 6.16. The molecule has 0 aromatic heterocycles. The molecule has 23 heavy (non-hydrogen) atoms. The van der Waals surface area contributed by atoms with Crippen LogP contribution < -0.4 is 0 Å². The number of nitro groups is 1. The van der Waals surface area contributed by atoms with Crippen LogP contribution in [-0.2, 0) is 6.54 Å². The molecule has 118 valence electrons. The second-order valence-corrected chi connectivity index (χ2v) is 5.59. The maximum absolute atomic E-state index is 13.0. The fraction of sp³-hybridized carbons (Fsp3) is 0.235. The summed E-state index contributed by atoms with van der Waals surface area (Å²) in [5, 5.41) is 10.7. The molecule has 0 atom stereocenters. The van der Waals surface area contributed by atoms with Crippen LogP contribution in [0, 0.1) is 15.9 Å². The van der Waals surface area contributed by atoms with Crippen molar-refractivity contribution < 1.29 is 14.1 Å². The van der Waals surface area contributed by atoms with Crippen molar-refractivity contribution in [2.75, 3.05) is 0 Å². The first-order valence-corrected chi connectivity index (χ1v) is 7.34. The van der Waals surface area contributed by atoms with Gasteiger partial charge in [-0.25, -0.2) is 4.39 Å². The molecule has 0 unspecified atom stereocenters. The molecular formula is C17H15FN2O3. The van der Waals surface area contributed by atoms with Crippen molar-refractivity contribution in [2.45, 2.75) is 25.4 Å². The zero-order valence-electron chi connectivity index (χ0n) is 12.3. The molecule has 2 aromatic rings. The van der Waals surface area contributed by atoms with E-state index in [1.54, 1.807) is 17.0 Å². The third kappa shape index (κ3) is 3.53. The van der Waals surface area contributed by atoms with Gasteiger partial charge in [0.1, 0.15) is 5.82 Å². The normalized spacial score (nSPS) is 13.6. The van der Waals surface area contributed by atoms with Gasteiger partial charge < -0.3 is 4.90 Å². The quantitative estimate of drug-likeness (QED) is 0.626. The molecule has 1 amide bonds. The monoisotopic (exact) mass is 314 g/mol. The number of benzene rings is 2. The van der Waals surface area contributed by atoms with Gasteiger partial charge >= 0.3 is 0 Å². The number of rotatable bonds is 5. The number of hydrogen-bond acceptors (Lipinski definition) is 3. The van der Waals surface area contributed by atoms with Gasteiger partial charge in [-0.1, -0.05) is 12.1 Å². The van der Waals surface area contributed by atoms with Crippen LogP contribution >= 0.6 is 0 Å². The summed E-state index contributed by atoms with van der Waals surface area (Å²) in [4.78, 5) is 24.6. The number of amides is 1. The number of carbonyl (C=O) groups excluding carboxylic acids is 1. The summed E-state index contributed by atoms with van der Waals surface area (Å²) in [6, 6.07) is 11.9. The van der Waals surface area contributed by atoms with Gasteiger partial charge in [-0.15, -0.1) is 0 Å². The Kier molecular flexibility index (Phi) is 4.06. The van der Waals surface area contributed by atoms with Gasteiger partial charge in [-0.2, -0.15) is 0 Å². The maximum atomic E-state index is 13.0. The number of nitro benzene ring substituents is 1. The summed E-state index contributed by atoms with van der Waals surface area (Å²) in [5.41, 5.74) is 1.23. The predicted molar refractivity (Wildman–Crippen MR) is 82.4 cm³/mol. The van der Waals surface area contributed by atoms with E-state index in [0.717, 1.165) is 18.4 Å². The first-order chi connectivity index (χ1) is 11.0. The molecule has 0 saturated heterocycles. The second-order valence-electron chi connectivity index (χ2n) is 5.59. The van der Waals surface area contributed by atoms with Gasteiger partial charge in [0.05, 0.1) is 4.92 Å². The molecule has 5 nitrogen and oxygen atoms in total. The van der Waals surface area contributed by atoms with E-state index in [0.29, 0.717) is 12.1 Å². The minimum atomic E-state index is -0.495. The highest BCUT2D eigenvalue weighted by atomic mass is 19.1. The summed E-state index contributed by atoms with van der Waals surface area (Å²) < 4.78 is 13.0. The van der Waals surface area contributed by atoms with E-state index in [4.69, 9.17) is 0 Å². The highest BCUT2D eigenvalue weighted by molar-refractivity contribution is 5.94. The molecule has 1 aliphatic rings. The van der Waals surface area contributed by atoms with E-state index >= 15 is 0 Å². The lowest BCUT2D eigenvalue weighted by Crippen LogP contribution is -2.32. The minimum absolute atomic E-state index is 0.0435. The molecule has 1 aliphatic carbocycles. The van der Waals surface area contributed by atoms with E-state index in [9.17, 15) is 19.3 Å². The smallest absolute Gasteiger partial charge is 0.269 e. The fourth-order valence-corrected chi connectivity index (χ4v) is 2.43. The van der Waals surface area contributed by atoms with E-state index in [-0.39, 0.29) is 23.5 Å². The molecule has 3 rings (SSSR count). The van der Waals surface area contributed by atoms with E-state index in [1.165, 1.54) is 36.4 Å². The molecule has 1 fully saturated rings. The molecule has 0 aliphatic heterocycles. The Labute approximate surface area is 132 Å². The maximum Gasteiger partial charge on any atom is 0.269 e. The van der Waals surface area contributed by atoms with Crippen LogP contribution in [0.4, 0.5) is 10.1 Å². The van der Waals surface area contributed by atoms with Crippen molar-refractivity contribution in [1.82, 2.24) is 4.90 Å². The number of halogens is 1. The first kappa shape index (κ1) is 15.1. The molecule has 1 saturated carbocycles. The predicted octanol–water partition coefficient (Wildman–Crippen LogP) is 3.54. The van der Waals surface area contributed by atoms with Gasteiger partial charge in [-0.05, 0) is 42.7 Å². The molecule has 2 aromatic carbocycles. The third-order valence-electron chi connectivity index (χ3n) is 3.84. The van der Waals surface area contributed by atoms with Crippen molar-refractivity contribution in [3.05, 3.63) is 75.6 Å². The highest BCUT2D eigenvalue weighted by Crippen LogP contribution is 2.30. The van der Waals surface area contributed by atoms with Crippen LogP contribution in [0.25, 0.3) is 0 Å². The standard InChI is InChI=1S/C17H15FN2O3/c18-14-5-1-12(2-6-14)11-19(15-9-10-15)17(21)13-3-7-16(8-4-13)20(22)23/h1-8,15H,9-11H2. The summed E-state index contributed by atoms with van der Waals surface area (Å²) in [5.74, 6) is -0.472. The Bertz CT molecular complexity index is 725. The molecule has 0 bridgehead atoms. The van der Waals surface area contributed by atoms with Crippen LogP contribution in [0.3, 0.4) is 0 Å². The number of nitrogens with zero attached hydrogens (tertiary/aromatic N) is 2. The highest BCUT2D eigenvalue weighted by Gasteiger charge is 2.33. The first-order valence-electron chi connectivity index (χ1n) is 7.34. The average Bonchev–Trinajstić information content (AvgIpc) is 3.38. The van der Waals surface area contributed by atoms with E-state index in [1.807, 2.05) is 0 Å². The number of hydrogen-bond donors (Lipinski definition) is 0. The van der Waals surface area contributed by atoms with Gasteiger partial charge in [0.15, 0.2) is 0 Å². The molecular weight excluding hydrogens is 299 g/mol. The van der Waals surface area contributed by atoms with Crippen LogP contribution in [0.1, 0.15) is 28.8 Å². The zero-order valence-corrected chi connectivity index (χ0v) is 12.3. The minimum Gasteiger partial charge on any atom is -0.331 e. The SMILES string of the molecule is O=C(c1ccc([N+](=O)[O-])cc1)N(Cc1ccc(F)cc1)C1CC1. The van der Waals surface area contributed by atoms with Crippen molar-refractivity contribution in [3.63, 3.8) is 0 Å². The Morgan fingerprint density at radius 2 is 1.74 bits per heavy atom. The van der Waals surface area contributed by atoms with Crippen LogP contribution in [-0.4, -0.2) is 21.8 Å². The summed E-state index contributed by atoms with van der Waals surface area (Å²) in [7, 11) is 0. The van der Waals surface area contributed by atoms with E-state index < -0.39 is 4.92 Å². The number of non-ortho nitro benzene ring substituents is 1. The van der Waals surface area contributed by atoms with Gasteiger partial charge in [-0.3, -0.25) is 14.9 Å². The largest absolute Gasteiger partial charge is 0.331 e. The summed E-state index contributed by atoms with van der Waals surface area (Å²) in [6.45, 7) is 0.404. The molecule has 0 N–H and O–H groups in total. The topological polar surface area (TPSA) is 63.4 Å².